The second kappa shape index (κ2) is 5.14. The third kappa shape index (κ3) is 2.49. The zero-order valence-corrected chi connectivity index (χ0v) is 11.9. The summed E-state index contributed by atoms with van der Waals surface area (Å²) < 4.78 is 0. The minimum absolute atomic E-state index is 0.0585. The lowest BCUT2D eigenvalue weighted by Gasteiger charge is -2.30. The van der Waals surface area contributed by atoms with E-state index in [-0.39, 0.29) is 5.91 Å². The first-order valence-corrected chi connectivity index (χ1v) is 7.34. The van der Waals surface area contributed by atoms with Crippen molar-refractivity contribution in [2.75, 3.05) is 12.4 Å². The van der Waals surface area contributed by atoms with Crippen LogP contribution in [0.5, 0.6) is 0 Å². The molecule has 4 heteroatoms. The molecule has 0 saturated heterocycles. The molecule has 1 aliphatic heterocycles. The molecule has 2 N–H and O–H groups in total. The maximum absolute atomic E-state index is 11.4. The quantitative estimate of drug-likeness (QED) is 0.887. The average Bonchev–Trinajstić information content (AvgIpc) is 2.67. The second-order valence-electron chi connectivity index (χ2n) is 5.63. The summed E-state index contributed by atoms with van der Waals surface area (Å²) in [6, 6.07) is 4.27. The molecule has 0 spiro atoms. The van der Waals surface area contributed by atoms with Crippen LogP contribution in [-0.2, 0) is 11.2 Å². The SMILES string of the molecule is CNC(CC1CCC1)c1cc2c(cc1Cl)NC(=O)C2. The summed E-state index contributed by atoms with van der Waals surface area (Å²) in [4.78, 5) is 11.4. The molecule has 2 aliphatic rings. The Morgan fingerprint density at radius 2 is 2.26 bits per heavy atom. The van der Waals surface area contributed by atoms with Gasteiger partial charge in [0, 0.05) is 16.8 Å². The largest absolute Gasteiger partial charge is 0.325 e. The number of benzene rings is 1. The van der Waals surface area contributed by atoms with E-state index in [1.165, 1.54) is 19.3 Å². The van der Waals surface area contributed by atoms with Crippen LogP contribution in [-0.4, -0.2) is 13.0 Å². The maximum Gasteiger partial charge on any atom is 0.228 e. The zero-order chi connectivity index (χ0) is 13.4. The fraction of sp³-hybridized carbons (Fsp3) is 0.533. The van der Waals surface area contributed by atoms with Crippen molar-refractivity contribution in [3.8, 4) is 0 Å². The lowest BCUT2D eigenvalue weighted by molar-refractivity contribution is -0.115. The van der Waals surface area contributed by atoms with Crippen molar-refractivity contribution in [1.29, 1.82) is 0 Å². The van der Waals surface area contributed by atoms with E-state index in [4.69, 9.17) is 11.6 Å². The third-order valence-electron chi connectivity index (χ3n) is 4.37. The lowest BCUT2D eigenvalue weighted by atomic mass is 9.79. The number of hydrogen-bond donors (Lipinski definition) is 2. The van der Waals surface area contributed by atoms with Crippen LogP contribution in [0.15, 0.2) is 12.1 Å². The van der Waals surface area contributed by atoms with Crippen LogP contribution in [0.3, 0.4) is 0 Å². The van der Waals surface area contributed by atoms with Gasteiger partial charge in [0.2, 0.25) is 5.91 Å². The molecular weight excluding hydrogens is 260 g/mol. The first kappa shape index (κ1) is 12.9. The van der Waals surface area contributed by atoms with Crippen molar-refractivity contribution in [3.63, 3.8) is 0 Å². The Morgan fingerprint density at radius 1 is 1.47 bits per heavy atom. The van der Waals surface area contributed by atoms with E-state index in [1.807, 2.05) is 13.1 Å². The number of rotatable bonds is 4. The number of anilines is 1. The number of halogens is 1. The number of carbonyl (C=O) groups excluding carboxylic acids is 1. The third-order valence-corrected chi connectivity index (χ3v) is 4.69. The van der Waals surface area contributed by atoms with Gasteiger partial charge in [0.15, 0.2) is 0 Å². The molecule has 1 aliphatic carbocycles. The van der Waals surface area contributed by atoms with E-state index in [0.29, 0.717) is 12.5 Å². The summed E-state index contributed by atoms with van der Waals surface area (Å²) in [6.07, 6.45) is 5.63. The molecule has 0 aromatic heterocycles. The summed E-state index contributed by atoms with van der Waals surface area (Å²) in [7, 11) is 1.98. The summed E-state index contributed by atoms with van der Waals surface area (Å²) in [5, 5.41) is 6.96. The van der Waals surface area contributed by atoms with Gasteiger partial charge in [0.1, 0.15) is 0 Å². The summed E-state index contributed by atoms with van der Waals surface area (Å²) in [6.45, 7) is 0. The summed E-state index contributed by atoms with van der Waals surface area (Å²) >= 11 is 6.38. The van der Waals surface area contributed by atoms with Crippen LogP contribution in [0.25, 0.3) is 0 Å². The van der Waals surface area contributed by atoms with Gasteiger partial charge in [0.05, 0.1) is 6.42 Å². The molecule has 3 rings (SSSR count). The molecule has 1 unspecified atom stereocenters. The van der Waals surface area contributed by atoms with Gasteiger partial charge < -0.3 is 10.6 Å². The molecule has 1 heterocycles. The molecule has 1 aromatic rings. The monoisotopic (exact) mass is 278 g/mol. The minimum atomic E-state index is 0.0585. The average molecular weight is 279 g/mol. The van der Waals surface area contributed by atoms with Crippen LogP contribution >= 0.6 is 11.6 Å². The summed E-state index contributed by atoms with van der Waals surface area (Å²) in [5.41, 5.74) is 3.07. The van der Waals surface area contributed by atoms with Crippen LogP contribution in [0.2, 0.25) is 5.02 Å². The Bertz CT molecular complexity index is 511. The van der Waals surface area contributed by atoms with Gasteiger partial charge in [-0.15, -0.1) is 0 Å². The minimum Gasteiger partial charge on any atom is -0.325 e. The van der Waals surface area contributed by atoms with E-state index in [9.17, 15) is 4.79 Å². The van der Waals surface area contributed by atoms with Crippen molar-refractivity contribution in [1.82, 2.24) is 5.32 Å². The molecule has 1 aromatic carbocycles. The summed E-state index contributed by atoms with van der Waals surface area (Å²) in [5.74, 6) is 0.879. The molecule has 0 radical (unpaired) electrons. The molecule has 3 nitrogen and oxygen atoms in total. The van der Waals surface area contributed by atoms with E-state index < -0.39 is 0 Å². The highest BCUT2D eigenvalue weighted by Gasteiger charge is 2.26. The Labute approximate surface area is 118 Å². The Hall–Kier alpha value is -1.06. The standard InChI is InChI=1S/C15H19ClN2O/c1-17-14(5-9-3-2-4-9)11-6-10-7-15(19)18-13(10)8-12(11)16/h6,8-9,14,17H,2-5,7H2,1H3,(H,18,19). The van der Waals surface area contributed by atoms with Gasteiger partial charge in [-0.05, 0) is 36.6 Å². The first-order chi connectivity index (χ1) is 9.17. The topological polar surface area (TPSA) is 41.1 Å². The van der Waals surface area contributed by atoms with Gasteiger partial charge in [-0.2, -0.15) is 0 Å². The fourth-order valence-electron chi connectivity index (χ4n) is 3.00. The van der Waals surface area contributed by atoms with E-state index in [0.717, 1.165) is 34.2 Å². The van der Waals surface area contributed by atoms with Crippen LogP contribution in [0.1, 0.15) is 42.9 Å². The molecular formula is C15H19ClN2O. The fourth-order valence-corrected chi connectivity index (χ4v) is 3.29. The Balaban J connectivity index is 1.86. The van der Waals surface area contributed by atoms with Crippen molar-refractivity contribution in [2.24, 2.45) is 5.92 Å². The van der Waals surface area contributed by atoms with E-state index >= 15 is 0 Å². The zero-order valence-electron chi connectivity index (χ0n) is 11.1. The first-order valence-electron chi connectivity index (χ1n) is 6.97. The maximum atomic E-state index is 11.4. The number of carbonyl (C=O) groups is 1. The molecule has 0 bridgehead atoms. The molecule has 19 heavy (non-hydrogen) atoms. The highest BCUT2D eigenvalue weighted by molar-refractivity contribution is 6.32. The van der Waals surface area contributed by atoms with Crippen LogP contribution in [0, 0.1) is 5.92 Å². The van der Waals surface area contributed by atoms with E-state index in [2.05, 4.69) is 16.7 Å². The molecule has 1 fully saturated rings. The Morgan fingerprint density at radius 3 is 2.89 bits per heavy atom. The number of amides is 1. The normalized spacial score (nSPS) is 19.8. The van der Waals surface area contributed by atoms with Crippen molar-refractivity contribution in [3.05, 3.63) is 28.3 Å². The van der Waals surface area contributed by atoms with Crippen LogP contribution < -0.4 is 10.6 Å². The van der Waals surface area contributed by atoms with Crippen molar-refractivity contribution < 1.29 is 4.79 Å². The van der Waals surface area contributed by atoms with Crippen molar-refractivity contribution >= 4 is 23.2 Å². The molecule has 1 saturated carbocycles. The molecule has 1 atom stereocenters. The number of nitrogens with one attached hydrogen (secondary N) is 2. The van der Waals surface area contributed by atoms with Gasteiger partial charge in [-0.3, -0.25) is 4.79 Å². The predicted molar refractivity (Wildman–Crippen MR) is 77.5 cm³/mol. The van der Waals surface area contributed by atoms with Gasteiger partial charge in [-0.1, -0.05) is 36.9 Å². The lowest BCUT2D eigenvalue weighted by Crippen LogP contribution is -2.23. The van der Waals surface area contributed by atoms with Gasteiger partial charge in [0.25, 0.3) is 0 Å². The van der Waals surface area contributed by atoms with Gasteiger partial charge in [-0.25, -0.2) is 0 Å². The molecule has 102 valence electrons. The highest BCUT2D eigenvalue weighted by Crippen LogP contribution is 2.38. The number of hydrogen-bond acceptors (Lipinski definition) is 2. The molecule has 1 amide bonds. The van der Waals surface area contributed by atoms with Crippen molar-refractivity contribution in [2.45, 2.75) is 38.1 Å². The second-order valence-corrected chi connectivity index (χ2v) is 6.04. The smallest absolute Gasteiger partial charge is 0.228 e. The van der Waals surface area contributed by atoms with Crippen LogP contribution in [0.4, 0.5) is 5.69 Å². The Kier molecular flexibility index (Phi) is 3.50. The van der Waals surface area contributed by atoms with Gasteiger partial charge >= 0.3 is 0 Å². The van der Waals surface area contributed by atoms with E-state index in [1.54, 1.807) is 0 Å². The number of fused-ring (bicyclic) bond motifs is 1. The highest BCUT2D eigenvalue weighted by atomic mass is 35.5. The predicted octanol–water partition coefficient (Wildman–Crippen LogP) is 3.29.